The summed E-state index contributed by atoms with van der Waals surface area (Å²) in [6, 6.07) is 0. The van der Waals surface area contributed by atoms with Crippen LogP contribution >= 0.6 is 0 Å². The van der Waals surface area contributed by atoms with Gasteiger partial charge < -0.3 is 15.3 Å². The Balaban J connectivity index is 2.45. The third-order valence-electron chi connectivity index (χ3n) is 1.47. The molecule has 0 fully saturated rings. The van der Waals surface area contributed by atoms with Crippen LogP contribution in [0.4, 0.5) is 0 Å². The molecule has 0 aromatic rings. The maximum Gasteiger partial charge on any atom is 0.287 e. The zero-order chi connectivity index (χ0) is 8.77. The molecule has 0 amide bonds. The van der Waals surface area contributed by atoms with Crippen molar-refractivity contribution in [2.45, 2.75) is 5.85 Å². The second kappa shape index (κ2) is 2.09. The van der Waals surface area contributed by atoms with Crippen molar-refractivity contribution < 1.29 is 15.3 Å². The Bertz CT molecular complexity index is 310. The number of hydrogen-bond donors (Lipinski definition) is 4. The highest BCUT2D eigenvalue weighted by Gasteiger charge is 2.44. The van der Waals surface area contributed by atoms with Gasteiger partial charge in [-0.3, -0.25) is 0 Å². The van der Waals surface area contributed by atoms with Crippen molar-refractivity contribution in [2.75, 3.05) is 0 Å². The van der Waals surface area contributed by atoms with Gasteiger partial charge in [0.25, 0.3) is 12.2 Å². The molecular formula is C5H5N4O3. The number of nitrogens with one attached hydrogen (secondary N) is 1. The van der Waals surface area contributed by atoms with E-state index in [2.05, 4.69) is 20.3 Å². The van der Waals surface area contributed by atoms with Gasteiger partial charge in [-0.15, -0.1) is 0 Å². The third kappa shape index (κ3) is 0.843. The highest BCUT2D eigenvalue weighted by atomic mass is 16.4. The lowest BCUT2D eigenvalue weighted by Gasteiger charge is -2.26. The van der Waals surface area contributed by atoms with E-state index >= 15 is 0 Å². The Morgan fingerprint density at radius 3 is 2.92 bits per heavy atom. The lowest BCUT2D eigenvalue weighted by Crippen LogP contribution is -2.56. The summed E-state index contributed by atoms with van der Waals surface area (Å²) in [5.74, 6) is -2.41. The first-order valence-electron chi connectivity index (χ1n) is 3.08. The lowest BCUT2D eigenvalue weighted by atomic mass is 10.2. The molecule has 12 heavy (non-hydrogen) atoms. The van der Waals surface area contributed by atoms with Crippen molar-refractivity contribution in [3.8, 4) is 0 Å². The van der Waals surface area contributed by atoms with Crippen molar-refractivity contribution in [2.24, 2.45) is 15.0 Å². The minimum Gasteiger partial charge on any atom is -0.492 e. The van der Waals surface area contributed by atoms with Gasteiger partial charge in [-0.05, 0) is 0 Å². The van der Waals surface area contributed by atoms with Crippen LogP contribution in [-0.2, 0) is 0 Å². The van der Waals surface area contributed by atoms with E-state index in [1.165, 1.54) is 0 Å². The third-order valence-corrected chi connectivity index (χ3v) is 1.47. The van der Waals surface area contributed by atoms with E-state index in [1.807, 2.05) is 0 Å². The molecule has 2 aliphatic heterocycles. The molecule has 0 aromatic heterocycles. The van der Waals surface area contributed by atoms with Crippen LogP contribution in [0, 0.1) is 6.35 Å². The number of aliphatic hydroxyl groups excluding tert-OH is 2. The number of aliphatic hydroxyl groups is 3. The van der Waals surface area contributed by atoms with Crippen molar-refractivity contribution in [3.05, 3.63) is 6.35 Å². The SMILES string of the molecule is O[C]1N=C(O)C2=NC=NC2(O)N1. The minimum absolute atomic E-state index is 0.125. The first-order valence-corrected chi connectivity index (χ1v) is 3.08. The fourth-order valence-electron chi connectivity index (χ4n) is 0.964. The zero-order valence-electron chi connectivity index (χ0n) is 5.76. The Labute approximate surface area is 66.8 Å². The molecule has 63 valence electrons. The molecule has 0 bridgehead atoms. The van der Waals surface area contributed by atoms with E-state index < -0.39 is 18.1 Å². The highest BCUT2D eigenvalue weighted by molar-refractivity contribution is 6.43. The molecule has 2 heterocycles. The number of aliphatic imine (C=N–C) groups is 3. The second-order valence-electron chi connectivity index (χ2n) is 2.28. The minimum atomic E-state index is -1.87. The van der Waals surface area contributed by atoms with Gasteiger partial charge in [-0.1, -0.05) is 0 Å². The molecule has 7 heteroatoms. The second-order valence-corrected chi connectivity index (χ2v) is 2.28. The summed E-state index contributed by atoms with van der Waals surface area (Å²) in [6.07, 6.45) is 0.458. The van der Waals surface area contributed by atoms with Crippen LogP contribution < -0.4 is 5.32 Å². The molecule has 2 aliphatic rings. The average molecular weight is 169 g/mol. The Kier molecular flexibility index (Phi) is 1.28. The molecule has 0 saturated heterocycles. The first kappa shape index (κ1) is 7.35. The van der Waals surface area contributed by atoms with Gasteiger partial charge in [-0.25, -0.2) is 15.3 Å². The summed E-state index contributed by atoms with van der Waals surface area (Å²) in [4.78, 5) is 10.3. The van der Waals surface area contributed by atoms with Crippen molar-refractivity contribution >= 4 is 17.9 Å². The van der Waals surface area contributed by atoms with Gasteiger partial charge in [-0.2, -0.15) is 4.99 Å². The van der Waals surface area contributed by atoms with Crippen LogP contribution in [0.5, 0.6) is 0 Å². The van der Waals surface area contributed by atoms with E-state index in [0.717, 1.165) is 6.34 Å². The van der Waals surface area contributed by atoms with E-state index in [-0.39, 0.29) is 5.71 Å². The number of hydrogen-bond acceptors (Lipinski definition) is 6. The van der Waals surface area contributed by atoms with Gasteiger partial charge in [0, 0.05) is 0 Å². The van der Waals surface area contributed by atoms with E-state index in [4.69, 9.17) is 10.2 Å². The van der Waals surface area contributed by atoms with Gasteiger partial charge >= 0.3 is 0 Å². The predicted molar refractivity (Wildman–Crippen MR) is 39.3 cm³/mol. The summed E-state index contributed by atoms with van der Waals surface area (Å²) < 4.78 is 0. The van der Waals surface area contributed by atoms with Crippen LogP contribution in [0.25, 0.3) is 0 Å². The summed E-state index contributed by atoms with van der Waals surface area (Å²) >= 11 is 0. The maximum atomic E-state index is 9.49. The van der Waals surface area contributed by atoms with Gasteiger partial charge in [0.05, 0.1) is 0 Å². The maximum absolute atomic E-state index is 9.49. The molecule has 4 N–H and O–H groups in total. The molecule has 1 radical (unpaired) electrons. The van der Waals surface area contributed by atoms with Crippen molar-refractivity contribution in [1.82, 2.24) is 5.32 Å². The van der Waals surface area contributed by atoms with Gasteiger partial charge in [0.2, 0.25) is 5.90 Å². The molecule has 2 rings (SSSR count). The first-order chi connectivity index (χ1) is 5.62. The monoisotopic (exact) mass is 169 g/mol. The molecule has 7 nitrogen and oxygen atoms in total. The number of rotatable bonds is 0. The van der Waals surface area contributed by atoms with Crippen LogP contribution in [0.1, 0.15) is 0 Å². The van der Waals surface area contributed by atoms with E-state index in [9.17, 15) is 5.11 Å². The summed E-state index contributed by atoms with van der Waals surface area (Å²) in [6.45, 7) is 0. The fraction of sp³-hybridized carbons (Fsp3) is 0.200. The average Bonchev–Trinajstić information content (AvgIpc) is 2.29. The number of nitrogens with zero attached hydrogens (tertiary/aromatic N) is 3. The molecule has 0 spiro atoms. The van der Waals surface area contributed by atoms with Crippen LogP contribution in [0.3, 0.4) is 0 Å². The van der Waals surface area contributed by atoms with Crippen LogP contribution in [0.2, 0.25) is 0 Å². The normalized spacial score (nSPS) is 34.5. The van der Waals surface area contributed by atoms with E-state index in [1.54, 1.807) is 0 Å². The summed E-state index contributed by atoms with van der Waals surface area (Å²) in [7, 11) is 0. The van der Waals surface area contributed by atoms with Crippen molar-refractivity contribution in [3.63, 3.8) is 0 Å². The zero-order valence-corrected chi connectivity index (χ0v) is 5.76. The van der Waals surface area contributed by atoms with Crippen LogP contribution in [-0.4, -0.2) is 39.1 Å². The fourth-order valence-corrected chi connectivity index (χ4v) is 0.964. The molecule has 1 unspecified atom stereocenters. The summed E-state index contributed by atoms with van der Waals surface area (Å²) in [5.41, 5.74) is -0.125. The Hall–Kier alpha value is -1.31. The lowest BCUT2D eigenvalue weighted by molar-refractivity contribution is 0.0554. The molecular weight excluding hydrogens is 164 g/mol. The van der Waals surface area contributed by atoms with Crippen LogP contribution in [0.15, 0.2) is 15.0 Å². The molecule has 1 atom stereocenters. The quantitative estimate of drug-likeness (QED) is 0.353. The summed E-state index contributed by atoms with van der Waals surface area (Å²) in [5, 5.41) is 29.6. The molecule has 0 aliphatic carbocycles. The van der Waals surface area contributed by atoms with Gasteiger partial charge in [0.1, 0.15) is 6.34 Å². The number of fused-ring (bicyclic) bond motifs is 1. The Morgan fingerprint density at radius 1 is 1.42 bits per heavy atom. The Morgan fingerprint density at radius 2 is 2.17 bits per heavy atom. The largest absolute Gasteiger partial charge is 0.492 e. The topological polar surface area (TPSA) is 110 Å². The van der Waals surface area contributed by atoms with Crippen molar-refractivity contribution in [1.29, 1.82) is 0 Å². The smallest absolute Gasteiger partial charge is 0.287 e. The van der Waals surface area contributed by atoms with E-state index in [0.29, 0.717) is 0 Å². The molecule has 0 saturated carbocycles. The predicted octanol–water partition coefficient (Wildman–Crippen LogP) is -1.51. The standard InChI is InChI=1S/C5H5N4O3/c10-3-2-5(12,7-1-6-2)9-4(11)8-3/h1,9,11-12H,(H,8,10). The molecule has 0 aromatic carbocycles. The van der Waals surface area contributed by atoms with Gasteiger partial charge in [0.15, 0.2) is 5.71 Å². The highest BCUT2D eigenvalue weighted by Crippen LogP contribution is 2.18.